The minimum atomic E-state index is -0.213. The molecule has 1 aliphatic rings. The van der Waals surface area contributed by atoms with Gasteiger partial charge in [0.15, 0.2) is 0 Å². The van der Waals surface area contributed by atoms with E-state index in [1.54, 1.807) is 6.92 Å². The molecule has 1 saturated carbocycles. The van der Waals surface area contributed by atoms with Gasteiger partial charge in [-0.1, -0.05) is 6.42 Å². The zero-order chi connectivity index (χ0) is 9.03. The SMILES string of the molecule is CCOOCC1(C(C)=O)CCC1. The first-order valence-corrected chi connectivity index (χ1v) is 4.47. The van der Waals surface area contributed by atoms with Crippen LogP contribution >= 0.6 is 0 Å². The monoisotopic (exact) mass is 172 g/mol. The Labute approximate surface area is 73.0 Å². The third-order valence-corrected chi connectivity index (χ3v) is 2.59. The van der Waals surface area contributed by atoms with E-state index in [-0.39, 0.29) is 11.2 Å². The summed E-state index contributed by atoms with van der Waals surface area (Å²) in [6, 6.07) is 0. The van der Waals surface area contributed by atoms with E-state index >= 15 is 0 Å². The van der Waals surface area contributed by atoms with Crippen LogP contribution in [0, 0.1) is 5.41 Å². The molecule has 0 aliphatic heterocycles. The maximum Gasteiger partial charge on any atom is 0.138 e. The molecule has 0 heterocycles. The molecule has 3 nitrogen and oxygen atoms in total. The molecule has 0 amide bonds. The number of hydrogen-bond acceptors (Lipinski definition) is 3. The standard InChI is InChI=1S/C9H16O3/c1-3-11-12-7-9(8(2)10)5-4-6-9/h3-7H2,1-2H3. The number of carbonyl (C=O) groups is 1. The molecule has 0 spiro atoms. The molecular weight excluding hydrogens is 156 g/mol. The van der Waals surface area contributed by atoms with Gasteiger partial charge in [0, 0.05) is 0 Å². The first-order valence-electron chi connectivity index (χ1n) is 4.47. The Hall–Kier alpha value is -0.410. The fraction of sp³-hybridized carbons (Fsp3) is 0.889. The van der Waals surface area contributed by atoms with Crippen molar-refractivity contribution < 1.29 is 14.6 Å². The van der Waals surface area contributed by atoms with Crippen LogP contribution in [0.25, 0.3) is 0 Å². The van der Waals surface area contributed by atoms with E-state index < -0.39 is 0 Å². The average molecular weight is 172 g/mol. The minimum absolute atomic E-state index is 0.213. The molecule has 0 aromatic heterocycles. The molecule has 12 heavy (non-hydrogen) atoms. The van der Waals surface area contributed by atoms with Crippen molar-refractivity contribution in [3.63, 3.8) is 0 Å². The van der Waals surface area contributed by atoms with Gasteiger partial charge in [-0.15, -0.1) is 0 Å². The number of Topliss-reactive ketones (excluding diaryl/α,β-unsaturated/α-hetero) is 1. The number of hydrogen-bond donors (Lipinski definition) is 0. The lowest BCUT2D eigenvalue weighted by molar-refractivity contribution is -0.308. The van der Waals surface area contributed by atoms with Crippen molar-refractivity contribution in [3.05, 3.63) is 0 Å². The van der Waals surface area contributed by atoms with E-state index in [9.17, 15) is 4.79 Å². The van der Waals surface area contributed by atoms with E-state index in [0.29, 0.717) is 13.2 Å². The molecular formula is C9H16O3. The Morgan fingerprint density at radius 2 is 2.08 bits per heavy atom. The summed E-state index contributed by atoms with van der Waals surface area (Å²) in [7, 11) is 0. The molecule has 70 valence electrons. The second-order valence-corrected chi connectivity index (χ2v) is 3.36. The van der Waals surface area contributed by atoms with Gasteiger partial charge in [0.05, 0.1) is 18.6 Å². The van der Waals surface area contributed by atoms with Crippen LogP contribution in [0.4, 0.5) is 0 Å². The summed E-state index contributed by atoms with van der Waals surface area (Å²) in [5.74, 6) is 0.230. The largest absolute Gasteiger partial charge is 0.299 e. The first-order chi connectivity index (χ1) is 5.71. The van der Waals surface area contributed by atoms with E-state index in [2.05, 4.69) is 0 Å². The zero-order valence-electron chi connectivity index (χ0n) is 7.76. The predicted octanol–water partition coefficient (Wildman–Crippen LogP) is 1.71. The van der Waals surface area contributed by atoms with Gasteiger partial charge in [-0.05, 0) is 26.7 Å². The molecule has 3 heteroatoms. The van der Waals surface area contributed by atoms with Crippen molar-refractivity contribution >= 4 is 5.78 Å². The van der Waals surface area contributed by atoms with Crippen LogP contribution in [-0.2, 0) is 14.6 Å². The Balaban J connectivity index is 2.30. The van der Waals surface area contributed by atoms with Crippen molar-refractivity contribution in [3.8, 4) is 0 Å². The molecule has 0 radical (unpaired) electrons. The Morgan fingerprint density at radius 1 is 1.42 bits per heavy atom. The van der Waals surface area contributed by atoms with Gasteiger partial charge in [-0.25, -0.2) is 9.78 Å². The minimum Gasteiger partial charge on any atom is -0.299 e. The first kappa shape index (κ1) is 9.68. The van der Waals surface area contributed by atoms with Crippen LogP contribution in [0.1, 0.15) is 33.1 Å². The number of carbonyl (C=O) groups excluding carboxylic acids is 1. The van der Waals surface area contributed by atoms with Crippen LogP contribution in [0.2, 0.25) is 0 Å². The van der Waals surface area contributed by atoms with E-state index in [4.69, 9.17) is 9.78 Å². The average Bonchev–Trinajstić information content (AvgIpc) is 1.94. The molecule has 0 aromatic rings. The summed E-state index contributed by atoms with van der Waals surface area (Å²) in [6.07, 6.45) is 3.04. The lowest BCUT2D eigenvalue weighted by Gasteiger charge is -2.38. The maximum atomic E-state index is 11.2. The van der Waals surface area contributed by atoms with Gasteiger partial charge in [0.2, 0.25) is 0 Å². The third-order valence-electron chi connectivity index (χ3n) is 2.59. The Kier molecular flexibility index (Phi) is 3.23. The highest BCUT2D eigenvalue weighted by Gasteiger charge is 2.42. The maximum absolute atomic E-state index is 11.2. The van der Waals surface area contributed by atoms with Crippen LogP contribution < -0.4 is 0 Å². The van der Waals surface area contributed by atoms with Gasteiger partial charge >= 0.3 is 0 Å². The summed E-state index contributed by atoms with van der Waals surface area (Å²) in [4.78, 5) is 20.9. The van der Waals surface area contributed by atoms with Crippen molar-refractivity contribution in [2.45, 2.75) is 33.1 Å². The van der Waals surface area contributed by atoms with Crippen LogP contribution in [0.15, 0.2) is 0 Å². The molecule has 0 atom stereocenters. The topological polar surface area (TPSA) is 35.5 Å². The molecule has 0 bridgehead atoms. The van der Waals surface area contributed by atoms with Crippen LogP contribution in [0.5, 0.6) is 0 Å². The second kappa shape index (κ2) is 4.01. The fourth-order valence-electron chi connectivity index (χ4n) is 1.44. The summed E-state index contributed by atoms with van der Waals surface area (Å²) < 4.78 is 0. The van der Waals surface area contributed by atoms with Crippen molar-refractivity contribution in [2.75, 3.05) is 13.2 Å². The van der Waals surface area contributed by atoms with Gasteiger partial charge in [0.1, 0.15) is 5.78 Å². The van der Waals surface area contributed by atoms with Gasteiger partial charge in [-0.2, -0.15) is 0 Å². The molecule has 0 aromatic carbocycles. The molecule has 0 unspecified atom stereocenters. The fourth-order valence-corrected chi connectivity index (χ4v) is 1.44. The highest BCUT2D eigenvalue weighted by Crippen LogP contribution is 2.41. The molecule has 1 aliphatic carbocycles. The zero-order valence-corrected chi connectivity index (χ0v) is 7.76. The smallest absolute Gasteiger partial charge is 0.138 e. The quantitative estimate of drug-likeness (QED) is 0.360. The van der Waals surface area contributed by atoms with E-state index in [1.807, 2.05) is 6.92 Å². The summed E-state index contributed by atoms with van der Waals surface area (Å²) in [6.45, 7) is 4.46. The normalized spacial score (nSPS) is 20.2. The molecule has 1 fully saturated rings. The molecule has 1 rings (SSSR count). The number of ketones is 1. The van der Waals surface area contributed by atoms with Crippen molar-refractivity contribution in [1.82, 2.24) is 0 Å². The van der Waals surface area contributed by atoms with Gasteiger partial charge in [0.25, 0.3) is 0 Å². The summed E-state index contributed by atoms with van der Waals surface area (Å²) >= 11 is 0. The highest BCUT2D eigenvalue weighted by molar-refractivity contribution is 5.83. The van der Waals surface area contributed by atoms with Gasteiger partial charge < -0.3 is 0 Å². The van der Waals surface area contributed by atoms with Crippen molar-refractivity contribution in [2.24, 2.45) is 5.41 Å². The molecule has 0 saturated heterocycles. The van der Waals surface area contributed by atoms with Crippen LogP contribution in [-0.4, -0.2) is 19.0 Å². The lowest BCUT2D eigenvalue weighted by Crippen LogP contribution is -2.40. The predicted molar refractivity (Wildman–Crippen MR) is 44.5 cm³/mol. The van der Waals surface area contributed by atoms with E-state index in [0.717, 1.165) is 19.3 Å². The third kappa shape index (κ3) is 1.84. The van der Waals surface area contributed by atoms with Crippen molar-refractivity contribution in [1.29, 1.82) is 0 Å². The summed E-state index contributed by atoms with van der Waals surface area (Å²) in [5, 5.41) is 0. The second-order valence-electron chi connectivity index (χ2n) is 3.36. The lowest BCUT2D eigenvalue weighted by atomic mass is 9.67. The Bertz CT molecular complexity index is 161. The highest BCUT2D eigenvalue weighted by atomic mass is 17.2. The number of rotatable bonds is 5. The Morgan fingerprint density at radius 3 is 2.42 bits per heavy atom. The van der Waals surface area contributed by atoms with E-state index in [1.165, 1.54) is 0 Å². The van der Waals surface area contributed by atoms with Crippen LogP contribution in [0.3, 0.4) is 0 Å². The summed E-state index contributed by atoms with van der Waals surface area (Å²) in [5.41, 5.74) is -0.213. The molecule has 0 N–H and O–H groups in total. The van der Waals surface area contributed by atoms with Gasteiger partial charge in [-0.3, -0.25) is 4.79 Å².